The van der Waals surface area contributed by atoms with E-state index in [9.17, 15) is 23.1 Å². The molecule has 134 valence electrons. The molecule has 2 aromatic rings. The van der Waals surface area contributed by atoms with Gasteiger partial charge in [0.15, 0.2) is 5.11 Å². The van der Waals surface area contributed by atoms with E-state index in [0.29, 0.717) is 11.3 Å². The standard InChI is InChI=1S/C17H11F3N2O3S/c18-17(19,20)25-13-6-4-11(5-7-13)22-15(24)14(21-16(22)26)9-10-2-1-3-12(23)8-10/h1-9,23H,(H,21,26)/b14-9-. The molecule has 0 bridgehead atoms. The molecule has 1 aliphatic heterocycles. The number of nitrogens with zero attached hydrogens (tertiary/aromatic N) is 1. The zero-order chi connectivity index (χ0) is 18.9. The van der Waals surface area contributed by atoms with Crippen LogP contribution in [0.4, 0.5) is 18.9 Å². The second-order valence-corrected chi connectivity index (χ2v) is 5.65. The van der Waals surface area contributed by atoms with Crippen LogP contribution in [0.25, 0.3) is 6.08 Å². The molecule has 0 spiro atoms. The molecule has 0 radical (unpaired) electrons. The summed E-state index contributed by atoms with van der Waals surface area (Å²) in [6.45, 7) is 0. The van der Waals surface area contributed by atoms with Crippen molar-refractivity contribution in [2.24, 2.45) is 0 Å². The molecule has 26 heavy (non-hydrogen) atoms. The van der Waals surface area contributed by atoms with E-state index in [-0.39, 0.29) is 16.6 Å². The fourth-order valence-electron chi connectivity index (χ4n) is 2.35. The average molecular weight is 380 g/mol. The maximum Gasteiger partial charge on any atom is 0.573 e. The lowest BCUT2D eigenvalue weighted by molar-refractivity contribution is -0.274. The molecule has 1 heterocycles. The molecule has 1 aliphatic rings. The van der Waals surface area contributed by atoms with Gasteiger partial charge in [0.1, 0.15) is 17.2 Å². The number of halogens is 3. The van der Waals surface area contributed by atoms with Crippen molar-refractivity contribution >= 4 is 35.0 Å². The van der Waals surface area contributed by atoms with Crippen LogP contribution in [0.1, 0.15) is 5.56 Å². The monoisotopic (exact) mass is 380 g/mol. The number of carbonyl (C=O) groups is 1. The highest BCUT2D eigenvalue weighted by Crippen LogP contribution is 2.28. The third-order valence-corrected chi connectivity index (χ3v) is 3.67. The van der Waals surface area contributed by atoms with Crippen LogP contribution < -0.4 is 15.0 Å². The summed E-state index contributed by atoms with van der Waals surface area (Å²) in [6, 6.07) is 11.1. The molecule has 3 rings (SSSR count). The van der Waals surface area contributed by atoms with Crippen LogP contribution in [0.15, 0.2) is 54.2 Å². The first-order valence-corrected chi connectivity index (χ1v) is 7.66. The van der Waals surface area contributed by atoms with Gasteiger partial charge in [0, 0.05) is 0 Å². The number of hydrogen-bond acceptors (Lipinski definition) is 4. The number of alkyl halides is 3. The third kappa shape index (κ3) is 3.94. The molecule has 0 saturated carbocycles. The van der Waals surface area contributed by atoms with E-state index >= 15 is 0 Å². The van der Waals surface area contributed by atoms with Crippen molar-refractivity contribution in [1.82, 2.24) is 5.32 Å². The largest absolute Gasteiger partial charge is 0.573 e. The highest BCUT2D eigenvalue weighted by Gasteiger charge is 2.33. The number of ether oxygens (including phenoxy) is 1. The normalized spacial score (nSPS) is 16.1. The summed E-state index contributed by atoms with van der Waals surface area (Å²) in [5.74, 6) is -0.824. The van der Waals surface area contributed by atoms with Gasteiger partial charge in [-0.25, -0.2) is 0 Å². The first-order chi connectivity index (χ1) is 12.2. The van der Waals surface area contributed by atoms with Gasteiger partial charge in [-0.1, -0.05) is 12.1 Å². The van der Waals surface area contributed by atoms with E-state index in [1.165, 1.54) is 30.3 Å². The van der Waals surface area contributed by atoms with E-state index in [1.807, 2.05) is 0 Å². The lowest BCUT2D eigenvalue weighted by Gasteiger charge is -2.15. The van der Waals surface area contributed by atoms with Gasteiger partial charge in [0.2, 0.25) is 0 Å². The molecular formula is C17H11F3N2O3S. The summed E-state index contributed by atoms with van der Waals surface area (Å²) in [5, 5.41) is 12.3. The van der Waals surface area contributed by atoms with Crippen LogP contribution in [0, 0.1) is 0 Å². The van der Waals surface area contributed by atoms with Crippen molar-refractivity contribution in [3.8, 4) is 11.5 Å². The quantitative estimate of drug-likeness (QED) is 0.630. The number of hydrogen-bond donors (Lipinski definition) is 2. The predicted molar refractivity (Wildman–Crippen MR) is 92.4 cm³/mol. The zero-order valence-electron chi connectivity index (χ0n) is 12.9. The number of thiocarbonyl (C=S) groups is 1. The number of anilines is 1. The number of benzene rings is 2. The number of rotatable bonds is 3. The summed E-state index contributed by atoms with van der Waals surface area (Å²) in [7, 11) is 0. The van der Waals surface area contributed by atoms with Crippen LogP contribution in [0.3, 0.4) is 0 Å². The Morgan fingerprint density at radius 3 is 2.46 bits per heavy atom. The predicted octanol–water partition coefficient (Wildman–Crippen LogP) is 3.55. The molecule has 5 nitrogen and oxygen atoms in total. The van der Waals surface area contributed by atoms with Gasteiger partial charge < -0.3 is 15.2 Å². The third-order valence-electron chi connectivity index (χ3n) is 3.39. The van der Waals surface area contributed by atoms with Gasteiger partial charge in [-0.3, -0.25) is 9.69 Å². The maximum absolute atomic E-state index is 12.6. The van der Waals surface area contributed by atoms with Crippen molar-refractivity contribution in [3.05, 3.63) is 59.8 Å². The Balaban J connectivity index is 1.83. The number of amides is 1. The second kappa shape index (κ2) is 6.68. The fraction of sp³-hybridized carbons (Fsp3) is 0.0588. The van der Waals surface area contributed by atoms with E-state index in [0.717, 1.165) is 17.0 Å². The van der Waals surface area contributed by atoms with Gasteiger partial charge in [0.25, 0.3) is 5.91 Å². The summed E-state index contributed by atoms with van der Waals surface area (Å²) < 4.78 is 40.4. The minimum Gasteiger partial charge on any atom is -0.508 e. The first kappa shape index (κ1) is 17.7. The van der Waals surface area contributed by atoms with Gasteiger partial charge in [-0.2, -0.15) is 0 Å². The number of nitrogens with one attached hydrogen (secondary N) is 1. The van der Waals surface area contributed by atoms with Gasteiger partial charge >= 0.3 is 6.36 Å². The summed E-state index contributed by atoms with van der Waals surface area (Å²) in [4.78, 5) is 13.7. The number of phenols is 1. The minimum atomic E-state index is -4.79. The Hall–Kier alpha value is -3.07. The van der Waals surface area contributed by atoms with E-state index in [1.54, 1.807) is 12.1 Å². The Bertz CT molecular complexity index is 895. The van der Waals surface area contributed by atoms with Gasteiger partial charge in [0.05, 0.1) is 5.69 Å². The van der Waals surface area contributed by atoms with E-state index in [4.69, 9.17) is 12.2 Å². The van der Waals surface area contributed by atoms with Gasteiger partial charge in [-0.05, 0) is 60.3 Å². The summed E-state index contributed by atoms with van der Waals surface area (Å²) in [6.07, 6.45) is -3.28. The van der Waals surface area contributed by atoms with Crippen molar-refractivity contribution in [2.45, 2.75) is 6.36 Å². The summed E-state index contributed by atoms with van der Waals surface area (Å²) in [5.41, 5.74) is 1.05. The van der Waals surface area contributed by atoms with Crippen LogP contribution in [-0.4, -0.2) is 22.5 Å². The molecule has 0 aromatic heterocycles. The first-order valence-electron chi connectivity index (χ1n) is 7.25. The van der Waals surface area contributed by atoms with Crippen molar-refractivity contribution in [2.75, 3.05) is 4.90 Å². The SMILES string of the molecule is O=C1/C(=C/c2cccc(O)c2)NC(=S)N1c1ccc(OC(F)(F)F)cc1. The molecule has 1 saturated heterocycles. The molecule has 1 amide bonds. The Labute approximate surface area is 151 Å². The molecule has 2 aromatic carbocycles. The van der Waals surface area contributed by atoms with Crippen molar-refractivity contribution in [3.63, 3.8) is 0 Å². The lowest BCUT2D eigenvalue weighted by Crippen LogP contribution is -2.30. The fourth-order valence-corrected chi connectivity index (χ4v) is 2.65. The van der Waals surface area contributed by atoms with Crippen LogP contribution in [0.5, 0.6) is 11.5 Å². The second-order valence-electron chi connectivity index (χ2n) is 5.27. The highest BCUT2D eigenvalue weighted by atomic mass is 32.1. The zero-order valence-corrected chi connectivity index (χ0v) is 13.8. The van der Waals surface area contributed by atoms with Crippen molar-refractivity contribution < 1.29 is 27.8 Å². The minimum absolute atomic E-state index is 0.0458. The molecule has 0 atom stereocenters. The summed E-state index contributed by atoms with van der Waals surface area (Å²) >= 11 is 5.13. The van der Waals surface area contributed by atoms with E-state index in [2.05, 4.69) is 10.1 Å². The van der Waals surface area contributed by atoms with Crippen LogP contribution in [-0.2, 0) is 4.79 Å². The van der Waals surface area contributed by atoms with Crippen LogP contribution in [0.2, 0.25) is 0 Å². The Morgan fingerprint density at radius 1 is 1.15 bits per heavy atom. The lowest BCUT2D eigenvalue weighted by atomic mass is 10.2. The maximum atomic E-state index is 12.6. The Kier molecular flexibility index (Phi) is 4.56. The molecule has 0 aliphatic carbocycles. The molecule has 2 N–H and O–H groups in total. The molecule has 9 heteroatoms. The van der Waals surface area contributed by atoms with Crippen molar-refractivity contribution in [1.29, 1.82) is 0 Å². The Morgan fingerprint density at radius 2 is 1.85 bits per heavy atom. The molecule has 1 fully saturated rings. The topological polar surface area (TPSA) is 61.8 Å². The van der Waals surface area contributed by atoms with Crippen LogP contribution >= 0.6 is 12.2 Å². The smallest absolute Gasteiger partial charge is 0.508 e. The van der Waals surface area contributed by atoms with Gasteiger partial charge in [-0.15, -0.1) is 13.2 Å². The highest BCUT2D eigenvalue weighted by molar-refractivity contribution is 7.80. The van der Waals surface area contributed by atoms with E-state index < -0.39 is 18.0 Å². The number of carbonyl (C=O) groups excluding carboxylic acids is 1. The molecule has 0 unspecified atom stereocenters. The average Bonchev–Trinajstić information content (AvgIpc) is 2.81. The number of phenolic OH excluding ortho intramolecular Hbond substituents is 1. The molecular weight excluding hydrogens is 369 g/mol. The number of aromatic hydroxyl groups is 1.